The Morgan fingerprint density at radius 1 is 1.06 bits per heavy atom. The maximum absolute atomic E-state index is 5.93. The molecule has 0 amide bonds. The Hall–Kier alpha value is 0.0969. The highest BCUT2D eigenvalue weighted by atomic mass is 28.3. The highest BCUT2D eigenvalue weighted by molar-refractivity contribution is 6.46. The van der Waals surface area contributed by atoms with Crippen molar-refractivity contribution in [2.75, 3.05) is 26.8 Å². The molecule has 1 atom stereocenters. The summed E-state index contributed by atoms with van der Waals surface area (Å²) in [5.74, 6) is 0. The van der Waals surface area contributed by atoms with E-state index in [0.29, 0.717) is 5.54 Å². The molecule has 0 aromatic carbocycles. The molecular formula is C12H29NO2Si. The van der Waals surface area contributed by atoms with E-state index >= 15 is 0 Å². The molecule has 0 aliphatic carbocycles. The van der Waals surface area contributed by atoms with Crippen molar-refractivity contribution in [2.45, 2.75) is 52.0 Å². The largest absolute Gasteiger partial charge is 0.396 e. The first-order valence-corrected chi connectivity index (χ1v) is 8.28. The quantitative estimate of drug-likeness (QED) is 0.569. The molecule has 0 aromatic rings. The molecule has 16 heavy (non-hydrogen) atoms. The molecule has 0 fully saturated rings. The molecule has 0 radical (unpaired) electrons. The topological polar surface area (TPSA) is 30.5 Å². The molecular weight excluding hydrogens is 218 g/mol. The molecule has 0 bridgehead atoms. The Bertz CT molecular complexity index is 139. The minimum absolute atomic E-state index is 0.644. The van der Waals surface area contributed by atoms with Crippen molar-refractivity contribution < 1.29 is 8.85 Å². The van der Waals surface area contributed by atoms with Gasteiger partial charge in [-0.15, -0.1) is 0 Å². The van der Waals surface area contributed by atoms with Crippen LogP contribution in [0.3, 0.4) is 0 Å². The van der Waals surface area contributed by atoms with Gasteiger partial charge in [-0.2, -0.15) is 0 Å². The van der Waals surface area contributed by atoms with E-state index in [2.05, 4.69) is 26.1 Å². The lowest BCUT2D eigenvalue weighted by atomic mass is 10.2. The van der Waals surface area contributed by atoms with Crippen LogP contribution in [0.5, 0.6) is 0 Å². The third kappa shape index (κ3) is 7.38. The van der Waals surface area contributed by atoms with Gasteiger partial charge < -0.3 is 14.2 Å². The minimum atomic E-state index is -1.46. The van der Waals surface area contributed by atoms with Gasteiger partial charge in [0.25, 0.3) is 0 Å². The van der Waals surface area contributed by atoms with E-state index in [9.17, 15) is 0 Å². The fourth-order valence-electron chi connectivity index (χ4n) is 1.65. The average Bonchev–Trinajstić information content (AvgIpc) is 2.32. The van der Waals surface area contributed by atoms with Crippen molar-refractivity contribution in [3.8, 4) is 0 Å². The van der Waals surface area contributed by atoms with Crippen LogP contribution in [0.2, 0.25) is 5.54 Å². The smallest absolute Gasteiger partial charge is 0.324 e. The normalized spacial score (nSPS) is 13.3. The van der Waals surface area contributed by atoms with Gasteiger partial charge in [0.05, 0.1) is 0 Å². The van der Waals surface area contributed by atoms with Gasteiger partial charge in [0.2, 0.25) is 0 Å². The lowest BCUT2D eigenvalue weighted by molar-refractivity contribution is 0.185. The van der Waals surface area contributed by atoms with Crippen molar-refractivity contribution in [3.05, 3.63) is 0 Å². The van der Waals surface area contributed by atoms with Gasteiger partial charge in [0.1, 0.15) is 0 Å². The summed E-state index contributed by atoms with van der Waals surface area (Å²) in [6, 6.07) is 0. The molecule has 0 spiro atoms. The molecule has 4 heteroatoms. The van der Waals surface area contributed by atoms with Crippen LogP contribution in [-0.4, -0.2) is 36.1 Å². The summed E-state index contributed by atoms with van der Waals surface area (Å²) in [7, 11) is 0.547. The van der Waals surface area contributed by atoms with E-state index in [1.54, 1.807) is 0 Å². The average molecular weight is 247 g/mol. The molecule has 98 valence electrons. The Kier molecular flexibility index (Phi) is 11.6. The summed E-state index contributed by atoms with van der Waals surface area (Å²) in [6.07, 6.45) is 4.52. The predicted octanol–water partition coefficient (Wildman–Crippen LogP) is 2.45. The molecule has 0 saturated heterocycles. The van der Waals surface area contributed by atoms with Crippen molar-refractivity contribution in [3.63, 3.8) is 0 Å². The van der Waals surface area contributed by atoms with Crippen LogP contribution in [0.4, 0.5) is 0 Å². The highest BCUT2D eigenvalue weighted by Crippen LogP contribution is 2.21. The third-order valence-electron chi connectivity index (χ3n) is 2.65. The summed E-state index contributed by atoms with van der Waals surface area (Å²) in [5.41, 5.74) is 0.644. The first-order valence-electron chi connectivity index (χ1n) is 6.67. The molecule has 0 aromatic heterocycles. The monoisotopic (exact) mass is 247 g/mol. The van der Waals surface area contributed by atoms with Gasteiger partial charge in [-0.05, 0) is 32.9 Å². The van der Waals surface area contributed by atoms with E-state index in [4.69, 9.17) is 8.85 Å². The van der Waals surface area contributed by atoms with Crippen molar-refractivity contribution in [2.24, 2.45) is 0 Å². The summed E-state index contributed by atoms with van der Waals surface area (Å²) in [5, 5.41) is 3.21. The van der Waals surface area contributed by atoms with E-state index in [1.807, 2.05) is 7.05 Å². The number of hydrogen-bond donors (Lipinski definition) is 1. The van der Waals surface area contributed by atoms with Gasteiger partial charge in [-0.25, -0.2) is 0 Å². The van der Waals surface area contributed by atoms with Crippen LogP contribution in [0.25, 0.3) is 0 Å². The fourth-order valence-corrected chi connectivity index (χ4v) is 4.05. The van der Waals surface area contributed by atoms with E-state index in [-0.39, 0.29) is 0 Å². The number of nitrogens with one attached hydrogen (secondary N) is 1. The molecule has 0 heterocycles. The van der Waals surface area contributed by atoms with Crippen LogP contribution in [0, 0.1) is 0 Å². The Morgan fingerprint density at radius 2 is 1.62 bits per heavy atom. The van der Waals surface area contributed by atoms with Crippen LogP contribution in [0.1, 0.15) is 46.5 Å². The van der Waals surface area contributed by atoms with E-state index in [0.717, 1.165) is 32.6 Å². The second kappa shape index (κ2) is 11.6. The zero-order valence-corrected chi connectivity index (χ0v) is 12.6. The van der Waals surface area contributed by atoms with Crippen LogP contribution in [0.15, 0.2) is 0 Å². The molecule has 0 aliphatic heterocycles. The zero-order valence-electron chi connectivity index (χ0n) is 11.4. The Labute approximate surface area is 103 Å². The van der Waals surface area contributed by atoms with Crippen molar-refractivity contribution in [1.82, 2.24) is 5.32 Å². The zero-order chi connectivity index (χ0) is 12.2. The van der Waals surface area contributed by atoms with Gasteiger partial charge in [0, 0.05) is 18.8 Å². The van der Waals surface area contributed by atoms with Crippen molar-refractivity contribution in [1.29, 1.82) is 0 Å². The van der Waals surface area contributed by atoms with Gasteiger partial charge >= 0.3 is 9.28 Å². The van der Waals surface area contributed by atoms with Gasteiger partial charge in [-0.1, -0.05) is 27.2 Å². The highest BCUT2D eigenvalue weighted by Gasteiger charge is 2.24. The summed E-state index contributed by atoms with van der Waals surface area (Å²) >= 11 is 0. The first kappa shape index (κ1) is 16.1. The second-order valence-corrected chi connectivity index (χ2v) is 6.52. The molecule has 0 saturated carbocycles. The van der Waals surface area contributed by atoms with Crippen LogP contribution >= 0.6 is 0 Å². The fraction of sp³-hybridized carbons (Fsp3) is 1.00. The predicted molar refractivity (Wildman–Crippen MR) is 72.2 cm³/mol. The van der Waals surface area contributed by atoms with Gasteiger partial charge in [0.15, 0.2) is 0 Å². The summed E-state index contributed by atoms with van der Waals surface area (Å²) in [4.78, 5) is 0. The second-order valence-electron chi connectivity index (χ2n) is 4.17. The van der Waals surface area contributed by atoms with Crippen LogP contribution in [-0.2, 0) is 8.85 Å². The van der Waals surface area contributed by atoms with E-state index < -0.39 is 9.28 Å². The standard InChI is InChI=1S/C12H29NO2Si/c1-5-10-14-16(15-11-6-2)12(7-3)8-9-13-4/h12-13,16H,5-11H2,1-4H3. The van der Waals surface area contributed by atoms with Crippen LogP contribution < -0.4 is 5.32 Å². The molecule has 0 aliphatic rings. The molecule has 0 rings (SSSR count). The lowest BCUT2D eigenvalue weighted by Crippen LogP contribution is -2.31. The maximum Gasteiger partial charge on any atom is 0.324 e. The van der Waals surface area contributed by atoms with Crippen molar-refractivity contribution >= 4 is 9.28 Å². The Balaban J connectivity index is 4.06. The lowest BCUT2D eigenvalue weighted by Gasteiger charge is -2.24. The van der Waals surface area contributed by atoms with E-state index in [1.165, 1.54) is 12.8 Å². The third-order valence-corrected chi connectivity index (χ3v) is 5.35. The summed E-state index contributed by atoms with van der Waals surface area (Å²) < 4.78 is 11.9. The first-order chi connectivity index (χ1) is 7.79. The minimum Gasteiger partial charge on any atom is -0.396 e. The number of hydrogen-bond acceptors (Lipinski definition) is 3. The summed E-state index contributed by atoms with van der Waals surface area (Å²) in [6.45, 7) is 9.32. The molecule has 1 unspecified atom stereocenters. The maximum atomic E-state index is 5.93. The number of rotatable bonds is 11. The SMILES string of the molecule is CCCO[SiH](OCCC)C(CC)CCNC. The Morgan fingerprint density at radius 3 is 2.00 bits per heavy atom. The molecule has 3 nitrogen and oxygen atoms in total. The molecule has 1 N–H and O–H groups in total. The van der Waals surface area contributed by atoms with Gasteiger partial charge in [-0.3, -0.25) is 0 Å².